The Morgan fingerprint density at radius 2 is 1.90 bits per heavy atom. The Morgan fingerprint density at radius 3 is 2.45 bits per heavy atom. The molecule has 0 aliphatic rings. The van der Waals surface area contributed by atoms with E-state index in [1.807, 2.05) is 0 Å². The molecule has 5 nitrogen and oxygen atoms in total. The fourth-order valence-corrected chi connectivity index (χ4v) is 1.81. The molecule has 1 rings (SSSR count). The van der Waals surface area contributed by atoms with Crippen molar-refractivity contribution in [2.24, 2.45) is 0 Å². The molecule has 6 heteroatoms. The smallest absolute Gasteiger partial charge is 0.335 e. The van der Waals surface area contributed by atoms with Gasteiger partial charge in [-0.3, -0.25) is 0 Å². The minimum absolute atomic E-state index is 0.119. The van der Waals surface area contributed by atoms with Crippen molar-refractivity contribution in [2.75, 3.05) is 6.61 Å². The molecular formula is C14H18O5S. The lowest BCUT2D eigenvalue weighted by atomic mass is 10.1. The van der Waals surface area contributed by atoms with E-state index in [1.54, 1.807) is 26.8 Å². The summed E-state index contributed by atoms with van der Waals surface area (Å²) >= 11 is 4.13. The van der Waals surface area contributed by atoms with Crippen LogP contribution < -0.4 is 0 Å². The van der Waals surface area contributed by atoms with Crippen LogP contribution in [0.2, 0.25) is 0 Å². The lowest BCUT2D eigenvalue weighted by Gasteiger charge is -2.19. The summed E-state index contributed by atoms with van der Waals surface area (Å²) < 4.78 is 10.3. The first-order valence-electron chi connectivity index (χ1n) is 6.03. The minimum Gasteiger partial charge on any atom is -0.478 e. The van der Waals surface area contributed by atoms with E-state index in [0.717, 1.165) is 0 Å². The number of ether oxygens (including phenoxy) is 2. The quantitative estimate of drug-likeness (QED) is 0.645. The first kappa shape index (κ1) is 16.5. The van der Waals surface area contributed by atoms with Crippen LogP contribution in [-0.4, -0.2) is 29.3 Å². The van der Waals surface area contributed by atoms with E-state index in [0.29, 0.717) is 10.5 Å². The number of carboxylic acid groups (broad SMARTS) is 1. The number of hydrogen-bond donors (Lipinski definition) is 2. The maximum absolute atomic E-state index is 11.4. The van der Waals surface area contributed by atoms with Gasteiger partial charge in [0.15, 0.2) is 0 Å². The molecule has 0 saturated carbocycles. The Morgan fingerprint density at radius 1 is 1.25 bits per heavy atom. The van der Waals surface area contributed by atoms with Crippen LogP contribution >= 0.6 is 12.6 Å². The van der Waals surface area contributed by atoms with Crippen molar-refractivity contribution in [3.63, 3.8) is 0 Å². The Bertz CT molecular complexity index is 505. The van der Waals surface area contributed by atoms with Crippen LogP contribution in [0.4, 0.5) is 0 Å². The lowest BCUT2D eigenvalue weighted by Crippen LogP contribution is -2.26. The molecule has 0 amide bonds. The lowest BCUT2D eigenvalue weighted by molar-refractivity contribution is -0.160. The molecule has 0 heterocycles. The standard InChI is InChI=1S/C14H18O5S/c1-14(2,3)19-12(15)8-18-7-9-4-10(13(16)17)6-11(20)5-9/h4-6,20H,7-8H2,1-3H3,(H,16,17). The number of hydrogen-bond acceptors (Lipinski definition) is 5. The maximum atomic E-state index is 11.4. The van der Waals surface area contributed by atoms with Gasteiger partial charge in [0.25, 0.3) is 0 Å². The third kappa shape index (κ3) is 6.08. The third-order valence-corrected chi connectivity index (χ3v) is 2.39. The Hall–Kier alpha value is -1.53. The van der Waals surface area contributed by atoms with Gasteiger partial charge < -0.3 is 14.6 Å². The minimum atomic E-state index is -1.03. The molecule has 0 aliphatic carbocycles. The molecule has 1 aromatic rings. The largest absolute Gasteiger partial charge is 0.478 e. The monoisotopic (exact) mass is 298 g/mol. The van der Waals surface area contributed by atoms with Crippen LogP contribution in [-0.2, 0) is 20.9 Å². The zero-order valence-electron chi connectivity index (χ0n) is 11.7. The zero-order valence-corrected chi connectivity index (χ0v) is 12.6. The summed E-state index contributed by atoms with van der Waals surface area (Å²) in [7, 11) is 0. The molecule has 110 valence electrons. The highest BCUT2D eigenvalue weighted by Gasteiger charge is 2.16. The average molecular weight is 298 g/mol. The Balaban J connectivity index is 2.54. The molecule has 1 aromatic carbocycles. The van der Waals surface area contributed by atoms with Gasteiger partial charge in [-0.15, -0.1) is 12.6 Å². The fourth-order valence-electron chi connectivity index (χ4n) is 1.50. The van der Waals surface area contributed by atoms with Gasteiger partial charge in [-0.25, -0.2) is 9.59 Å². The molecule has 0 aliphatic heterocycles. The van der Waals surface area contributed by atoms with Crippen LogP contribution in [0.3, 0.4) is 0 Å². The second-order valence-corrected chi connectivity index (χ2v) is 5.79. The predicted molar refractivity (Wildman–Crippen MR) is 76.2 cm³/mol. The highest BCUT2D eigenvalue weighted by atomic mass is 32.1. The van der Waals surface area contributed by atoms with Gasteiger partial charge in [0.1, 0.15) is 12.2 Å². The molecule has 0 aromatic heterocycles. The van der Waals surface area contributed by atoms with Crippen molar-refractivity contribution >= 4 is 24.6 Å². The second-order valence-electron chi connectivity index (χ2n) is 5.27. The summed E-state index contributed by atoms with van der Waals surface area (Å²) in [6.07, 6.45) is 0. The summed E-state index contributed by atoms with van der Waals surface area (Å²) in [5.41, 5.74) is 0.217. The number of thiol groups is 1. The van der Waals surface area contributed by atoms with Gasteiger partial charge in [0.05, 0.1) is 12.2 Å². The van der Waals surface area contributed by atoms with Crippen molar-refractivity contribution < 1.29 is 24.2 Å². The second kappa shape index (κ2) is 6.76. The van der Waals surface area contributed by atoms with E-state index < -0.39 is 17.5 Å². The van der Waals surface area contributed by atoms with Gasteiger partial charge in [0, 0.05) is 4.90 Å². The van der Waals surface area contributed by atoms with Crippen LogP contribution in [0.15, 0.2) is 23.1 Å². The van der Waals surface area contributed by atoms with Crippen molar-refractivity contribution in [3.05, 3.63) is 29.3 Å². The number of carbonyl (C=O) groups excluding carboxylic acids is 1. The van der Waals surface area contributed by atoms with Crippen LogP contribution in [0, 0.1) is 0 Å². The van der Waals surface area contributed by atoms with E-state index in [1.165, 1.54) is 12.1 Å². The van der Waals surface area contributed by atoms with Gasteiger partial charge in [-0.05, 0) is 44.5 Å². The van der Waals surface area contributed by atoms with Crippen molar-refractivity contribution in [1.82, 2.24) is 0 Å². The molecule has 20 heavy (non-hydrogen) atoms. The van der Waals surface area contributed by atoms with E-state index in [-0.39, 0.29) is 18.8 Å². The van der Waals surface area contributed by atoms with Crippen LogP contribution in [0.25, 0.3) is 0 Å². The molecule has 0 saturated heterocycles. The highest BCUT2D eigenvalue weighted by Crippen LogP contribution is 2.15. The Labute approximate surface area is 123 Å². The van der Waals surface area contributed by atoms with Crippen LogP contribution in [0.5, 0.6) is 0 Å². The fraction of sp³-hybridized carbons (Fsp3) is 0.429. The van der Waals surface area contributed by atoms with Gasteiger partial charge in [-0.1, -0.05) is 0 Å². The molecular weight excluding hydrogens is 280 g/mol. The topological polar surface area (TPSA) is 72.8 Å². The molecule has 0 atom stereocenters. The van der Waals surface area contributed by atoms with Gasteiger partial charge in [0.2, 0.25) is 0 Å². The van der Waals surface area contributed by atoms with Gasteiger partial charge >= 0.3 is 11.9 Å². The molecule has 0 fully saturated rings. The zero-order chi connectivity index (χ0) is 15.3. The number of esters is 1. The Kier molecular flexibility index (Phi) is 5.59. The summed E-state index contributed by atoms with van der Waals surface area (Å²) in [4.78, 5) is 22.9. The summed E-state index contributed by atoms with van der Waals surface area (Å²) in [5.74, 6) is -1.49. The van der Waals surface area contributed by atoms with E-state index in [9.17, 15) is 9.59 Å². The van der Waals surface area contributed by atoms with Crippen molar-refractivity contribution in [1.29, 1.82) is 0 Å². The number of carboxylic acids is 1. The number of benzene rings is 1. The third-order valence-electron chi connectivity index (χ3n) is 2.13. The SMILES string of the molecule is CC(C)(C)OC(=O)COCc1cc(S)cc(C(=O)O)c1. The number of aromatic carboxylic acids is 1. The van der Waals surface area contributed by atoms with E-state index in [4.69, 9.17) is 14.6 Å². The van der Waals surface area contributed by atoms with E-state index in [2.05, 4.69) is 12.6 Å². The van der Waals surface area contributed by atoms with E-state index >= 15 is 0 Å². The first-order valence-corrected chi connectivity index (χ1v) is 6.48. The molecule has 0 spiro atoms. The maximum Gasteiger partial charge on any atom is 0.335 e. The van der Waals surface area contributed by atoms with Gasteiger partial charge in [-0.2, -0.15) is 0 Å². The van der Waals surface area contributed by atoms with Crippen molar-refractivity contribution in [2.45, 2.75) is 37.9 Å². The van der Waals surface area contributed by atoms with Crippen molar-refractivity contribution in [3.8, 4) is 0 Å². The average Bonchev–Trinajstić information content (AvgIpc) is 2.25. The normalized spacial score (nSPS) is 11.2. The van der Waals surface area contributed by atoms with Crippen LogP contribution in [0.1, 0.15) is 36.7 Å². The summed E-state index contributed by atoms with van der Waals surface area (Å²) in [5, 5.41) is 8.93. The first-order chi connectivity index (χ1) is 9.17. The molecule has 0 bridgehead atoms. The molecule has 0 unspecified atom stereocenters. The molecule has 0 radical (unpaired) electrons. The molecule has 1 N–H and O–H groups in total. The summed E-state index contributed by atoms with van der Waals surface area (Å²) in [6, 6.07) is 4.62. The number of carbonyl (C=O) groups is 2. The highest BCUT2D eigenvalue weighted by molar-refractivity contribution is 7.80. The summed E-state index contributed by atoms with van der Waals surface area (Å²) in [6.45, 7) is 5.25. The number of rotatable bonds is 5. The predicted octanol–water partition coefficient (Wildman–Crippen LogP) is 2.53.